The van der Waals surface area contributed by atoms with Crippen LogP contribution in [0.3, 0.4) is 0 Å². The molecule has 0 aliphatic carbocycles. The van der Waals surface area contributed by atoms with Crippen molar-refractivity contribution in [2.45, 2.75) is 31.7 Å². The molecular formula is C19H20FN3O2S. The van der Waals surface area contributed by atoms with E-state index < -0.39 is 15.8 Å². The Bertz CT molecular complexity index is 1030. The first-order valence-electron chi connectivity index (χ1n) is 8.21. The number of nitrogens with zero attached hydrogens (tertiary/aromatic N) is 2. The van der Waals surface area contributed by atoms with Crippen LogP contribution in [0.5, 0.6) is 0 Å². The molecule has 3 aromatic rings. The van der Waals surface area contributed by atoms with Gasteiger partial charge in [0.25, 0.3) is 10.0 Å². The fraction of sp³-hybridized carbons (Fsp3) is 0.211. The Kier molecular flexibility index (Phi) is 4.82. The summed E-state index contributed by atoms with van der Waals surface area (Å²) in [6, 6.07) is 13.3. The van der Waals surface area contributed by atoms with Gasteiger partial charge in [0.2, 0.25) is 0 Å². The summed E-state index contributed by atoms with van der Waals surface area (Å²) in [7, 11) is -3.93. The van der Waals surface area contributed by atoms with Crippen molar-refractivity contribution in [1.29, 1.82) is 0 Å². The highest BCUT2D eigenvalue weighted by Gasteiger charge is 2.24. The van der Waals surface area contributed by atoms with Crippen LogP contribution in [0.2, 0.25) is 0 Å². The average molecular weight is 373 g/mol. The van der Waals surface area contributed by atoms with Crippen LogP contribution in [-0.4, -0.2) is 18.2 Å². The second-order valence-corrected chi connectivity index (χ2v) is 8.00. The normalized spacial score (nSPS) is 11.7. The topological polar surface area (TPSA) is 64.0 Å². The van der Waals surface area contributed by atoms with Gasteiger partial charge in [0.05, 0.1) is 5.69 Å². The zero-order valence-corrected chi connectivity index (χ0v) is 15.6. The molecule has 0 saturated heterocycles. The summed E-state index contributed by atoms with van der Waals surface area (Å²) in [5, 5.41) is 4.44. The van der Waals surface area contributed by atoms with E-state index in [9.17, 15) is 12.8 Å². The lowest BCUT2D eigenvalue weighted by Gasteiger charge is -2.09. The van der Waals surface area contributed by atoms with E-state index in [0.29, 0.717) is 16.8 Å². The number of benzene rings is 2. The molecule has 3 rings (SSSR count). The van der Waals surface area contributed by atoms with Crippen molar-refractivity contribution in [3.8, 4) is 11.3 Å². The molecule has 0 unspecified atom stereocenters. The van der Waals surface area contributed by atoms with Crippen LogP contribution in [0.15, 0.2) is 59.6 Å². The van der Waals surface area contributed by atoms with Crippen molar-refractivity contribution in [2.24, 2.45) is 0 Å². The van der Waals surface area contributed by atoms with Gasteiger partial charge < -0.3 is 0 Å². The summed E-state index contributed by atoms with van der Waals surface area (Å²) < 4.78 is 43.7. The molecule has 0 aliphatic rings. The summed E-state index contributed by atoms with van der Waals surface area (Å²) in [6.45, 7) is 5.45. The minimum absolute atomic E-state index is 0.00164. The van der Waals surface area contributed by atoms with E-state index in [0.717, 1.165) is 0 Å². The number of rotatable bonds is 5. The van der Waals surface area contributed by atoms with Crippen LogP contribution >= 0.6 is 0 Å². The SMILES string of the molecule is Cc1ccc(NS(=O)(=O)c2cn(C(C)C)nc2-c2ccccc2)cc1F. The standard InChI is InChI=1S/C19H20FN3O2S/c1-13(2)23-12-18(19(21-23)15-7-5-4-6-8-15)26(24,25)22-16-10-9-14(3)17(20)11-16/h4-13,22H,1-3H3. The zero-order chi connectivity index (χ0) is 18.9. The Balaban J connectivity index is 2.07. The van der Waals surface area contributed by atoms with Gasteiger partial charge in [-0.2, -0.15) is 5.10 Å². The van der Waals surface area contributed by atoms with E-state index in [1.165, 1.54) is 24.4 Å². The van der Waals surface area contributed by atoms with Gasteiger partial charge in [-0.25, -0.2) is 12.8 Å². The van der Waals surface area contributed by atoms with Crippen molar-refractivity contribution in [3.63, 3.8) is 0 Å². The fourth-order valence-corrected chi connectivity index (χ4v) is 3.71. The Hall–Kier alpha value is -2.67. The number of aryl methyl sites for hydroxylation is 1. The average Bonchev–Trinajstić information content (AvgIpc) is 3.05. The van der Waals surface area contributed by atoms with E-state index in [-0.39, 0.29) is 16.6 Å². The fourth-order valence-electron chi connectivity index (χ4n) is 2.50. The molecule has 1 heterocycles. The lowest BCUT2D eigenvalue weighted by atomic mass is 10.2. The molecule has 1 aromatic heterocycles. The minimum Gasteiger partial charge on any atom is -0.279 e. The zero-order valence-electron chi connectivity index (χ0n) is 14.8. The number of anilines is 1. The van der Waals surface area contributed by atoms with Gasteiger partial charge >= 0.3 is 0 Å². The highest BCUT2D eigenvalue weighted by Crippen LogP contribution is 2.29. The predicted molar refractivity (Wildman–Crippen MR) is 100.0 cm³/mol. The van der Waals surface area contributed by atoms with Crippen molar-refractivity contribution in [3.05, 3.63) is 66.1 Å². The molecule has 0 amide bonds. The Morgan fingerprint density at radius 3 is 2.42 bits per heavy atom. The van der Waals surface area contributed by atoms with E-state index in [1.807, 2.05) is 32.0 Å². The third-order valence-electron chi connectivity index (χ3n) is 3.99. The van der Waals surface area contributed by atoms with E-state index in [4.69, 9.17) is 0 Å². The van der Waals surface area contributed by atoms with Crippen LogP contribution in [-0.2, 0) is 10.0 Å². The molecule has 136 valence electrons. The molecule has 0 saturated carbocycles. The number of hydrogen-bond donors (Lipinski definition) is 1. The van der Waals surface area contributed by atoms with Crippen LogP contribution < -0.4 is 4.72 Å². The first-order valence-corrected chi connectivity index (χ1v) is 9.70. The molecule has 0 radical (unpaired) electrons. The number of hydrogen-bond acceptors (Lipinski definition) is 3. The number of nitrogens with one attached hydrogen (secondary N) is 1. The summed E-state index contributed by atoms with van der Waals surface area (Å²) in [4.78, 5) is 0.0541. The molecular weight excluding hydrogens is 353 g/mol. The maximum atomic E-state index is 13.8. The first kappa shape index (κ1) is 18.1. The molecule has 0 fully saturated rings. The summed E-state index contributed by atoms with van der Waals surface area (Å²) in [5.74, 6) is -0.466. The van der Waals surface area contributed by atoms with Crippen LogP contribution in [0.25, 0.3) is 11.3 Å². The van der Waals surface area contributed by atoms with E-state index in [1.54, 1.807) is 23.7 Å². The predicted octanol–water partition coefficient (Wildman–Crippen LogP) is 4.38. The second-order valence-electron chi connectivity index (χ2n) is 6.35. The van der Waals surface area contributed by atoms with Gasteiger partial charge in [-0.15, -0.1) is 0 Å². The molecule has 0 atom stereocenters. The molecule has 2 aromatic carbocycles. The molecule has 26 heavy (non-hydrogen) atoms. The highest BCUT2D eigenvalue weighted by molar-refractivity contribution is 7.92. The van der Waals surface area contributed by atoms with E-state index in [2.05, 4.69) is 9.82 Å². The molecule has 0 aliphatic heterocycles. The Labute approximate surface area is 152 Å². The van der Waals surface area contributed by atoms with Crippen LogP contribution in [0.4, 0.5) is 10.1 Å². The van der Waals surface area contributed by atoms with Gasteiger partial charge in [-0.3, -0.25) is 9.40 Å². The lowest BCUT2D eigenvalue weighted by molar-refractivity contribution is 0.532. The van der Waals surface area contributed by atoms with Crippen LogP contribution in [0.1, 0.15) is 25.5 Å². The number of aromatic nitrogens is 2. The highest BCUT2D eigenvalue weighted by atomic mass is 32.2. The number of sulfonamides is 1. The smallest absolute Gasteiger partial charge is 0.265 e. The Morgan fingerprint density at radius 1 is 1.12 bits per heavy atom. The van der Waals surface area contributed by atoms with Gasteiger partial charge in [-0.1, -0.05) is 36.4 Å². The summed E-state index contributed by atoms with van der Waals surface area (Å²) in [6.07, 6.45) is 1.50. The van der Waals surface area contributed by atoms with Crippen LogP contribution in [0, 0.1) is 12.7 Å². The minimum atomic E-state index is -3.93. The third kappa shape index (κ3) is 3.62. The van der Waals surface area contributed by atoms with Crippen molar-refractivity contribution >= 4 is 15.7 Å². The molecule has 7 heteroatoms. The number of halogens is 1. The van der Waals surface area contributed by atoms with Crippen molar-refractivity contribution in [1.82, 2.24) is 9.78 Å². The summed E-state index contributed by atoms with van der Waals surface area (Å²) in [5.41, 5.74) is 1.68. The van der Waals surface area contributed by atoms with Gasteiger partial charge in [0.15, 0.2) is 0 Å². The molecule has 0 bridgehead atoms. The summed E-state index contributed by atoms with van der Waals surface area (Å²) >= 11 is 0. The monoisotopic (exact) mass is 373 g/mol. The molecule has 1 N–H and O–H groups in total. The maximum Gasteiger partial charge on any atom is 0.265 e. The van der Waals surface area contributed by atoms with Crippen molar-refractivity contribution in [2.75, 3.05) is 4.72 Å². The van der Waals surface area contributed by atoms with Gasteiger partial charge in [-0.05, 0) is 38.5 Å². The lowest BCUT2D eigenvalue weighted by Crippen LogP contribution is -2.13. The third-order valence-corrected chi connectivity index (χ3v) is 5.37. The van der Waals surface area contributed by atoms with Gasteiger partial charge in [0.1, 0.15) is 16.4 Å². The molecule has 5 nitrogen and oxygen atoms in total. The van der Waals surface area contributed by atoms with E-state index >= 15 is 0 Å². The first-order chi connectivity index (χ1) is 12.3. The Morgan fingerprint density at radius 2 is 1.81 bits per heavy atom. The molecule has 0 spiro atoms. The largest absolute Gasteiger partial charge is 0.279 e. The van der Waals surface area contributed by atoms with Gasteiger partial charge in [0, 0.05) is 17.8 Å². The maximum absolute atomic E-state index is 13.8. The van der Waals surface area contributed by atoms with Crippen molar-refractivity contribution < 1.29 is 12.8 Å². The second kappa shape index (κ2) is 6.92. The quantitative estimate of drug-likeness (QED) is 0.722.